The van der Waals surface area contributed by atoms with Crippen LogP contribution in [-0.4, -0.2) is 20.9 Å². The van der Waals surface area contributed by atoms with Crippen LogP contribution in [0.5, 0.6) is 0 Å². The lowest BCUT2D eigenvalue weighted by Crippen LogP contribution is -2.42. The van der Waals surface area contributed by atoms with Gasteiger partial charge in [0.25, 0.3) is 10.0 Å². The number of hydrogen-bond acceptors (Lipinski definition) is 3. The third kappa shape index (κ3) is 5.46. The Labute approximate surface area is 188 Å². The Kier molecular flexibility index (Phi) is 7.36. The van der Waals surface area contributed by atoms with E-state index in [9.17, 15) is 13.2 Å². The van der Waals surface area contributed by atoms with E-state index >= 15 is 0 Å². The fourth-order valence-electron chi connectivity index (χ4n) is 3.35. The number of sulfonamides is 1. The lowest BCUT2D eigenvalue weighted by molar-refractivity contribution is -0.120. The number of halogens is 1. The highest BCUT2D eigenvalue weighted by molar-refractivity contribution is 7.92. The van der Waals surface area contributed by atoms with Crippen LogP contribution in [0.2, 0.25) is 5.02 Å². The van der Waals surface area contributed by atoms with Crippen molar-refractivity contribution < 1.29 is 13.2 Å². The summed E-state index contributed by atoms with van der Waals surface area (Å²) in [5, 5.41) is 3.36. The van der Waals surface area contributed by atoms with Crippen molar-refractivity contribution in [2.75, 3.05) is 10.8 Å². The Balaban J connectivity index is 1.95. The molecule has 0 spiro atoms. The van der Waals surface area contributed by atoms with E-state index in [0.29, 0.717) is 22.7 Å². The van der Waals surface area contributed by atoms with E-state index < -0.39 is 15.9 Å². The molecule has 3 aromatic carbocycles. The highest BCUT2D eigenvalue weighted by Gasteiger charge is 2.29. The Bertz CT molecular complexity index is 1140. The largest absolute Gasteiger partial charge is 0.348 e. The van der Waals surface area contributed by atoms with Crippen LogP contribution in [0.1, 0.15) is 30.5 Å². The second-order valence-corrected chi connectivity index (χ2v) is 9.49. The maximum absolute atomic E-state index is 13.5. The highest BCUT2D eigenvalue weighted by atomic mass is 35.5. The third-order valence-electron chi connectivity index (χ3n) is 5.00. The van der Waals surface area contributed by atoms with Gasteiger partial charge in [0.1, 0.15) is 6.54 Å². The van der Waals surface area contributed by atoms with Crippen molar-refractivity contribution in [1.29, 1.82) is 0 Å². The first kappa shape index (κ1) is 22.8. The number of carbonyl (C=O) groups excluding carboxylic acids is 1. The van der Waals surface area contributed by atoms with Crippen LogP contribution in [-0.2, 0) is 14.8 Å². The summed E-state index contributed by atoms with van der Waals surface area (Å²) >= 11 is 6.16. The number of hydrogen-bond donors (Lipinski definition) is 1. The summed E-state index contributed by atoms with van der Waals surface area (Å²) in [5.41, 5.74) is 2.04. The van der Waals surface area contributed by atoms with Crippen molar-refractivity contribution >= 4 is 33.2 Å². The highest BCUT2D eigenvalue weighted by Crippen LogP contribution is 2.29. The second-order valence-electron chi connectivity index (χ2n) is 7.19. The van der Waals surface area contributed by atoms with Crippen molar-refractivity contribution in [2.24, 2.45) is 0 Å². The average Bonchev–Trinajstić information content (AvgIpc) is 2.78. The van der Waals surface area contributed by atoms with E-state index in [1.165, 1.54) is 12.1 Å². The zero-order valence-corrected chi connectivity index (χ0v) is 19.0. The average molecular weight is 457 g/mol. The summed E-state index contributed by atoms with van der Waals surface area (Å²) < 4.78 is 28.0. The molecule has 1 N–H and O–H groups in total. The molecule has 3 rings (SSSR count). The second kappa shape index (κ2) is 9.98. The monoisotopic (exact) mass is 456 g/mol. The summed E-state index contributed by atoms with van der Waals surface area (Å²) in [5.74, 6) is -0.394. The molecule has 5 nitrogen and oxygen atoms in total. The Morgan fingerprint density at radius 1 is 1.00 bits per heavy atom. The zero-order chi connectivity index (χ0) is 22.4. The summed E-state index contributed by atoms with van der Waals surface area (Å²) in [7, 11) is -3.98. The molecular weight excluding hydrogens is 432 g/mol. The van der Waals surface area contributed by atoms with Crippen molar-refractivity contribution in [3.8, 4) is 0 Å². The SMILES string of the molecule is CCC(NC(=O)CN(c1cc(Cl)ccc1C)S(=O)(=O)c1ccccc1)c1ccccc1. The molecule has 0 aromatic heterocycles. The molecule has 1 atom stereocenters. The normalized spacial score (nSPS) is 12.2. The molecule has 31 heavy (non-hydrogen) atoms. The van der Waals surface area contributed by atoms with Gasteiger partial charge in [-0.1, -0.05) is 73.1 Å². The first-order valence-corrected chi connectivity index (χ1v) is 11.8. The minimum atomic E-state index is -3.98. The van der Waals surface area contributed by atoms with Gasteiger partial charge in [-0.2, -0.15) is 0 Å². The maximum atomic E-state index is 13.5. The van der Waals surface area contributed by atoms with Crippen molar-refractivity contribution in [1.82, 2.24) is 5.32 Å². The summed E-state index contributed by atoms with van der Waals surface area (Å²) in [6.07, 6.45) is 0.678. The van der Waals surface area contributed by atoms with E-state index in [1.807, 2.05) is 37.3 Å². The van der Waals surface area contributed by atoms with Gasteiger partial charge < -0.3 is 5.32 Å². The Morgan fingerprint density at radius 2 is 1.61 bits per heavy atom. The number of nitrogens with zero attached hydrogens (tertiary/aromatic N) is 1. The van der Waals surface area contributed by atoms with Crippen LogP contribution < -0.4 is 9.62 Å². The molecule has 1 unspecified atom stereocenters. The molecule has 0 aliphatic rings. The lowest BCUT2D eigenvalue weighted by atomic mass is 10.0. The lowest BCUT2D eigenvalue weighted by Gasteiger charge is -2.27. The number of aryl methyl sites for hydroxylation is 1. The van der Waals surface area contributed by atoms with Crippen LogP contribution in [0.25, 0.3) is 0 Å². The minimum absolute atomic E-state index is 0.109. The van der Waals surface area contributed by atoms with Crippen molar-refractivity contribution in [3.05, 3.63) is 95.0 Å². The van der Waals surface area contributed by atoms with Gasteiger partial charge in [-0.3, -0.25) is 9.10 Å². The van der Waals surface area contributed by atoms with Crippen LogP contribution in [0.15, 0.2) is 83.8 Å². The molecule has 0 radical (unpaired) electrons. The van der Waals surface area contributed by atoms with Gasteiger partial charge in [0.15, 0.2) is 0 Å². The van der Waals surface area contributed by atoms with Gasteiger partial charge in [-0.25, -0.2) is 8.42 Å². The van der Waals surface area contributed by atoms with E-state index in [2.05, 4.69) is 5.32 Å². The van der Waals surface area contributed by atoms with E-state index in [1.54, 1.807) is 43.3 Å². The van der Waals surface area contributed by atoms with E-state index in [-0.39, 0.29) is 17.5 Å². The maximum Gasteiger partial charge on any atom is 0.264 e. The van der Waals surface area contributed by atoms with E-state index in [0.717, 1.165) is 9.87 Å². The first-order chi connectivity index (χ1) is 14.8. The molecule has 0 bridgehead atoms. The molecule has 0 aliphatic heterocycles. The Morgan fingerprint density at radius 3 is 2.23 bits per heavy atom. The van der Waals surface area contributed by atoms with E-state index in [4.69, 9.17) is 11.6 Å². The number of anilines is 1. The summed E-state index contributed by atoms with van der Waals surface area (Å²) in [6.45, 7) is 3.40. The molecule has 0 fully saturated rings. The van der Waals surface area contributed by atoms with Gasteiger partial charge >= 0.3 is 0 Å². The standard InChI is InChI=1S/C24H25ClN2O3S/c1-3-22(19-10-6-4-7-11-19)26-24(28)17-27(23-16-20(25)15-14-18(23)2)31(29,30)21-12-8-5-9-13-21/h4-16,22H,3,17H2,1-2H3,(H,26,28). The van der Waals surface area contributed by atoms with Gasteiger partial charge in [0, 0.05) is 5.02 Å². The molecule has 7 heteroatoms. The number of carbonyl (C=O) groups is 1. The number of amides is 1. The van der Waals surface area contributed by atoms with Crippen LogP contribution in [0, 0.1) is 6.92 Å². The number of rotatable bonds is 8. The smallest absolute Gasteiger partial charge is 0.264 e. The van der Waals surface area contributed by atoms with Gasteiger partial charge in [-0.05, 0) is 48.7 Å². The predicted octanol–water partition coefficient (Wildman–Crippen LogP) is 5.11. The van der Waals surface area contributed by atoms with Crippen molar-refractivity contribution in [2.45, 2.75) is 31.2 Å². The summed E-state index contributed by atoms with van der Waals surface area (Å²) in [6, 6.07) is 22.5. The molecule has 0 saturated carbocycles. The van der Waals surface area contributed by atoms with Crippen LogP contribution in [0.4, 0.5) is 5.69 Å². The van der Waals surface area contributed by atoms with Gasteiger partial charge in [0.05, 0.1) is 16.6 Å². The molecule has 0 heterocycles. The number of benzene rings is 3. The zero-order valence-electron chi connectivity index (χ0n) is 17.5. The quantitative estimate of drug-likeness (QED) is 0.512. The minimum Gasteiger partial charge on any atom is -0.348 e. The topological polar surface area (TPSA) is 66.5 Å². The summed E-state index contributed by atoms with van der Waals surface area (Å²) in [4.78, 5) is 13.1. The molecular formula is C24H25ClN2O3S. The van der Waals surface area contributed by atoms with Gasteiger partial charge in [-0.15, -0.1) is 0 Å². The molecule has 0 aliphatic carbocycles. The van der Waals surface area contributed by atoms with Gasteiger partial charge in [0.2, 0.25) is 5.91 Å². The number of nitrogens with one attached hydrogen (secondary N) is 1. The van der Waals surface area contributed by atoms with Crippen LogP contribution >= 0.6 is 11.6 Å². The molecule has 0 saturated heterocycles. The van der Waals surface area contributed by atoms with Crippen molar-refractivity contribution in [3.63, 3.8) is 0 Å². The third-order valence-corrected chi connectivity index (χ3v) is 7.01. The molecule has 3 aromatic rings. The van der Waals surface area contributed by atoms with Crippen LogP contribution in [0.3, 0.4) is 0 Å². The first-order valence-electron chi connectivity index (χ1n) is 10.0. The fourth-order valence-corrected chi connectivity index (χ4v) is 5.01. The predicted molar refractivity (Wildman–Crippen MR) is 125 cm³/mol. The molecule has 1 amide bonds. The Hall–Kier alpha value is -2.83. The molecule has 162 valence electrons. The fraction of sp³-hybridized carbons (Fsp3) is 0.208.